The van der Waals surface area contributed by atoms with Crippen molar-refractivity contribution in [2.75, 3.05) is 5.06 Å². The number of fused-ring (bicyclic) bond motifs is 2. The molecule has 1 fully saturated rings. The topological polar surface area (TPSA) is 12.5 Å². The van der Waals surface area contributed by atoms with Crippen LogP contribution in [-0.4, -0.2) is 12.1 Å². The number of anilines is 1. The highest BCUT2D eigenvalue weighted by Crippen LogP contribution is 2.31. The van der Waals surface area contributed by atoms with Crippen molar-refractivity contribution in [1.29, 1.82) is 0 Å². The van der Waals surface area contributed by atoms with Gasteiger partial charge in [0.25, 0.3) is 0 Å². The molecule has 3 aliphatic rings. The van der Waals surface area contributed by atoms with E-state index in [1.54, 1.807) is 12.1 Å². The van der Waals surface area contributed by atoms with Crippen LogP contribution < -0.4 is 5.06 Å². The van der Waals surface area contributed by atoms with E-state index in [9.17, 15) is 4.39 Å². The fourth-order valence-electron chi connectivity index (χ4n) is 2.13. The van der Waals surface area contributed by atoms with Gasteiger partial charge in [-0.1, -0.05) is 12.2 Å². The summed E-state index contributed by atoms with van der Waals surface area (Å²) in [5.41, 5.74) is 0.926. The highest BCUT2D eigenvalue weighted by atomic mass is 19.1. The lowest BCUT2D eigenvalue weighted by atomic mass is 9.98. The molecule has 0 aromatic heterocycles. The lowest BCUT2D eigenvalue weighted by molar-refractivity contribution is 0.00351. The number of hydroxylamine groups is 1. The normalized spacial score (nSPS) is 28.5. The van der Waals surface area contributed by atoms with E-state index < -0.39 is 0 Å². The first-order valence-electron chi connectivity index (χ1n) is 5.23. The molecule has 78 valence electrons. The van der Waals surface area contributed by atoms with E-state index in [1.165, 1.54) is 12.1 Å². The molecular weight excluding hydrogens is 193 g/mol. The Morgan fingerprint density at radius 3 is 2.47 bits per heavy atom. The van der Waals surface area contributed by atoms with Crippen molar-refractivity contribution in [3.05, 3.63) is 42.2 Å². The zero-order chi connectivity index (χ0) is 10.3. The molecule has 1 saturated heterocycles. The second kappa shape index (κ2) is 3.35. The minimum atomic E-state index is -0.212. The minimum absolute atomic E-state index is 0.194. The zero-order valence-electron chi connectivity index (χ0n) is 8.27. The van der Waals surface area contributed by atoms with E-state index >= 15 is 0 Å². The van der Waals surface area contributed by atoms with Crippen molar-refractivity contribution < 1.29 is 9.23 Å². The van der Waals surface area contributed by atoms with Gasteiger partial charge >= 0.3 is 0 Å². The van der Waals surface area contributed by atoms with Gasteiger partial charge in [0.1, 0.15) is 11.9 Å². The number of hydrogen-bond donors (Lipinski definition) is 0. The number of benzene rings is 1. The number of halogens is 1. The molecule has 2 bridgehead atoms. The molecule has 1 aromatic rings. The molecule has 0 saturated carbocycles. The van der Waals surface area contributed by atoms with Crippen LogP contribution in [0, 0.1) is 5.82 Å². The van der Waals surface area contributed by atoms with Gasteiger partial charge < -0.3 is 0 Å². The monoisotopic (exact) mass is 205 g/mol. The predicted octanol–water partition coefficient (Wildman–Crippen LogP) is 2.66. The molecule has 15 heavy (non-hydrogen) atoms. The van der Waals surface area contributed by atoms with E-state index in [-0.39, 0.29) is 11.9 Å². The van der Waals surface area contributed by atoms with Gasteiger partial charge in [-0.25, -0.2) is 9.45 Å². The van der Waals surface area contributed by atoms with Crippen molar-refractivity contribution in [3.8, 4) is 0 Å². The summed E-state index contributed by atoms with van der Waals surface area (Å²) in [4.78, 5) is 5.74. The van der Waals surface area contributed by atoms with E-state index in [0.29, 0.717) is 6.04 Å². The second-order valence-electron chi connectivity index (χ2n) is 3.98. The summed E-state index contributed by atoms with van der Waals surface area (Å²) >= 11 is 0. The average molecular weight is 205 g/mol. The van der Waals surface area contributed by atoms with Gasteiger partial charge in [0, 0.05) is 0 Å². The standard InChI is InChI=1S/C12H12FNO/c13-9-1-3-10(4-2-9)14-11-5-7-12(15-14)8-6-11/h1-5,7,11-12H,6,8H2. The third kappa shape index (κ3) is 1.53. The number of hydrogen-bond acceptors (Lipinski definition) is 2. The lowest BCUT2D eigenvalue weighted by Crippen LogP contribution is -2.45. The summed E-state index contributed by atoms with van der Waals surface area (Å²) in [5, 5.41) is 1.88. The molecule has 2 atom stereocenters. The Balaban J connectivity index is 1.89. The summed E-state index contributed by atoms with van der Waals surface area (Å²) < 4.78 is 12.8. The first-order valence-corrected chi connectivity index (χ1v) is 5.23. The molecule has 0 N–H and O–H groups in total. The summed E-state index contributed by atoms with van der Waals surface area (Å²) in [6.45, 7) is 0. The van der Waals surface area contributed by atoms with E-state index in [4.69, 9.17) is 4.84 Å². The van der Waals surface area contributed by atoms with Crippen molar-refractivity contribution in [2.24, 2.45) is 0 Å². The molecule has 2 unspecified atom stereocenters. The molecule has 0 amide bonds. The molecule has 0 radical (unpaired) electrons. The van der Waals surface area contributed by atoms with Crippen LogP contribution in [0.15, 0.2) is 36.4 Å². The van der Waals surface area contributed by atoms with Gasteiger partial charge in [0.05, 0.1) is 11.7 Å². The maximum Gasteiger partial charge on any atom is 0.123 e. The third-order valence-corrected chi connectivity index (χ3v) is 2.93. The zero-order valence-corrected chi connectivity index (χ0v) is 8.27. The largest absolute Gasteiger partial charge is 0.265 e. The first kappa shape index (κ1) is 8.92. The predicted molar refractivity (Wildman–Crippen MR) is 55.9 cm³/mol. The Bertz CT molecular complexity index is 387. The van der Waals surface area contributed by atoms with Crippen LogP contribution in [0.3, 0.4) is 0 Å². The van der Waals surface area contributed by atoms with Crippen LogP contribution in [0.25, 0.3) is 0 Å². The SMILES string of the molecule is Fc1ccc(N2OC3C=CC2CC3)cc1. The van der Waals surface area contributed by atoms with Gasteiger partial charge in [0.2, 0.25) is 0 Å². The fourth-order valence-corrected chi connectivity index (χ4v) is 2.13. The fraction of sp³-hybridized carbons (Fsp3) is 0.333. The summed E-state index contributed by atoms with van der Waals surface area (Å²) in [5.74, 6) is -0.212. The molecule has 0 spiro atoms. The van der Waals surface area contributed by atoms with Crippen molar-refractivity contribution in [1.82, 2.24) is 0 Å². The minimum Gasteiger partial charge on any atom is -0.265 e. The summed E-state index contributed by atoms with van der Waals surface area (Å²) in [6.07, 6.45) is 6.66. The van der Waals surface area contributed by atoms with Crippen molar-refractivity contribution in [2.45, 2.75) is 25.0 Å². The Morgan fingerprint density at radius 1 is 1.13 bits per heavy atom. The average Bonchev–Trinajstić information content (AvgIpc) is 2.31. The maximum absolute atomic E-state index is 12.8. The van der Waals surface area contributed by atoms with Crippen molar-refractivity contribution in [3.63, 3.8) is 0 Å². The van der Waals surface area contributed by atoms with E-state index in [0.717, 1.165) is 18.5 Å². The molecular formula is C12H12FNO. The second-order valence-corrected chi connectivity index (χ2v) is 3.98. The van der Waals surface area contributed by atoms with Gasteiger partial charge in [0.15, 0.2) is 0 Å². The Morgan fingerprint density at radius 2 is 1.93 bits per heavy atom. The van der Waals surface area contributed by atoms with Crippen LogP contribution >= 0.6 is 0 Å². The maximum atomic E-state index is 12.8. The molecule has 4 rings (SSSR count). The smallest absolute Gasteiger partial charge is 0.123 e. The van der Waals surface area contributed by atoms with Crippen LogP contribution in [0.1, 0.15) is 12.8 Å². The first-order chi connectivity index (χ1) is 7.33. The molecule has 2 nitrogen and oxygen atoms in total. The van der Waals surface area contributed by atoms with Gasteiger partial charge in [-0.05, 0) is 37.1 Å². The van der Waals surface area contributed by atoms with Gasteiger partial charge in [-0.15, -0.1) is 0 Å². The molecule has 1 aromatic carbocycles. The quantitative estimate of drug-likeness (QED) is 0.653. The van der Waals surface area contributed by atoms with Crippen LogP contribution in [0.4, 0.5) is 10.1 Å². The summed E-state index contributed by atoms with van der Waals surface area (Å²) in [6, 6.07) is 6.74. The molecule has 1 aliphatic carbocycles. The highest BCUT2D eigenvalue weighted by Gasteiger charge is 2.30. The Labute approximate surface area is 87.9 Å². The summed E-state index contributed by atoms with van der Waals surface area (Å²) in [7, 11) is 0. The van der Waals surface area contributed by atoms with Crippen LogP contribution in [-0.2, 0) is 4.84 Å². The Hall–Kier alpha value is -1.35. The lowest BCUT2D eigenvalue weighted by Gasteiger charge is -2.41. The van der Waals surface area contributed by atoms with Gasteiger partial charge in [-0.3, -0.25) is 4.84 Å². The van der Waals surface area contributed by atoms with E-state index in [2.05, 4.69) is 12.2 Å². The van der Waals surface area contributed by atoms with Gasteiger partial charge in [-0.2, -0.15) is 0 Å². The number of rotatable bonds is 1. The van der Waals surface area contributed by atoms with E-state index in [1.807, 2.05) is 5.06 Å². The molecule has 2 aliphatic heterocycles. The Kier molecular flexibility index (Phi) is 1.99. The van der Waals surface area contributed by atoms with Crippen LogP contribution in [0.5, 0.6) is 0 Å². The molecule has 3 heteroatoms. The highest BCUT2D eigenvalue weighted by molar-refractivity contribution is 5.47. The number of nitrogens with zero attached hydrogens (tertiary/aromatic N) is 1. The molecule has 2 heterocycles. The third-order valence-electron chi connectivity index (χ3n) is 2.93. The van der Waals surface area contributed by atoms with Crippen LogP contribution in [0.2, 0.25) is 0 Å². The van der Waals surface area contributed by atoms with Crippen molar-refractivity contribution >= 4 is 5.69 Å².